The van der Waals surface area contributed by atoms with Crippen molar-refractivity contribution < 1.29 is 13.9 Å². The number of para-hydroxylation sites is 1. The highest BCUT2D eigenvalue weighted by Gasteiger charge is 2.29. The van der Waals surface area contributed by atoms with Crippen molar-refractivity contribution in [3.05, 3.63) is 64.5 Å². The summed E-state index contributed by atoms with van der Waals surface area (Å²) in [6.45, 7) is 7.98. The van der Waals surface area contributed by atoms with Crippen LogP contribution in [0.3, 0.4) is 0 Å². The smallest absolute Gasteiger partial charge is 0.226 e. The molecule has 0 bridgehead atoms. The third-order valence-electron chi connectivity index (χ3n) is 6.29. The summed E-state index contributed by atoms with van der Waals surface area (Å²) in [7, 11) is 3.44. The molecule has 0 N–H and O–H groups in total. The monoisotopic (exact) mass is 406 g/mol. The Morgan fingerprint density at radius 3 is 2.53 bits per heavy atom. The number of nitrogens with zero attached hydrogens (tertiary/aromatic N) is 2. The molecule has 0 amide bonds. The van der Waals surface area contributed by atoms with E-state index in [0.29, 0.717) is 11.9 Å². The molecular formula is C25H30N2O3. The second-order valence-electron chi connectivity index (χ2n) is 7.96. The molecule has 0 saturated carbocycles. The number of aromatic nitrogens is 1. The van der Waals surface area contributed by atoms with Gasteiger partial charge >= 0.3 is 0 Å². The molecule has 5 nitrogen and oxygen atoms in total. The standard InChI is InChI=1S/C25H30N2O3/c1-16-17(2)23(28-4)13-12-19(16)25-26-21(18(3)30-25)15-27-14-8-10-22(27)20-9-6-7-11-24(20)29-5/h6-7,9,11-13,22H,8,10,14-15H2,1-5H3/t22-/m0/s1. The Morgan fingerprint density at radius 1 is 1.00 bits per heavy atom. The predicted octanol–water partition coefficient (Wildman–Crippen LogP) is 5.62. The Hall–Kier alpha value is -2.79. The van der Waals surface area contributed by atoms with Crippen LogP contribution in [0, 0.1) is 20.8 Å². The van der Waals surface area contributed by atoms with Gasteiger partial charge in [0.25, 0.3) is 0 Å². The highest BCUT2D eigenvalue weighted by molar-refractivity contribution is 5.63. The van der Waals surface area contributed by atoms with E-state index >= 15 is 0 Å². The molecule has 3 aromatic rings. The number of aryl methyl sites for hydroxylation is 1. The summed E-state index contributed by atoms with van der Waals surface area (Å²) < 4.78 is 17.2. The molecule has 30 heavy (non-hydrogen) atoms. The van der Waals surface area contributed by atoms with Gasteiger partial charge in [0.2, 0.25) is 5.89 Å². The van der Waals surface area contributed by atoms with Crippen molar-refractivity contribution >= 4 is 0 Å². The fourth-order valence-corrected chi connectivity index (χ4v) is 4.44. The van der Waals surface area contributed by atoms with Gasteiger partial charge in [-0.05, 0) is 69.5 Å². The number of methoxy groups -OCH3 is 2. The normalized spacial score (nSPS) is 16.8. The molecule has 1 aliphatic rings. The molecule has 0 aliphatic carbocycles. The molecule has 1 aliphatic heterocycles. The van der Waals surface area contributed by atoms with Crippen LogP contribution >= 0.6 is 0 Å². The molecule has 0 unspecified atom stereocenters. The number of hydrogen-bond acceptors (Lipinski definition) is 5. The molecule has 5 heteroatoms. The van der Waals surface area contributed by atoms with Gasteiger partial charge in [0.1, 0.15) is 17.3 Å². The third-order valence-corrected chi connectivity index (χ3v) is 6.29. The van der Waals surface area contributed by atoms with E-state index in [1.807, 2.05) is 31.2 Å². The summed E-state index contributed by atoms with van der Waals surface area (Å²) in [5.41, 5.74) is 5.52. The van der Waals surface area contributed by atoms with Gasteiger partial charge in [-0.3, -0.25) is 4.90 Å². The van der Waals surface area contributed by atoms with Crippen molar-refractivity contribution in [1.82, 2.24) is 9.88 Å². The van der Waals surface area contributed by atoms with Crippen LogP contribution in [0.5, 0.6) is 11.5 Å². The fraction of sp³-hybridized carbons (Fsp3) is 0.400. The zero-order chi connectivity index (χ0) is 21.3. The Balaban J connectivity index is 1.61. The van der Waals surface area contributed by atoms with E-state index in [2.05, 4.69) is 30.9 Å². The van der Waals surface area contributed by atoms with Gasteiger partial charge in [-0.2, -0.15) is 0 Å². The van der Waals surface area contributed by atoms with Gasteiger partial charge in [-0.1, -0.05) is 18.2 Å². The fourth-order valence-electron chi connectivity index (χ4n) is 4.44. The Kier molecular flexibility index (Phi) is 5.82. The topological polar surface area (TPSA) is 47.7 Å². The first kappa shape index (κ1) is 20.5. The van der Waals surface area contributed by atoms with Gasteiger partial charge in [0.05, 0.1) is 19.9 Å². The van der Waals surface area contributed by atoms with Crippen molar-refractivity contribution in [2.45, 2.75) is 46.2 Å². The summed E-state index contributed by atoms with van der Waals surface area (Å²) in [5.74, 6) is 3.40. The lowest BCUT2D eigenvalue weighted by Crippen LogP contribution is -2.23. The summed E-state index contributed by atoms with van der Waals surface area (Å²) in [5, 5.41) is 0. The first-order valence-corrected chi connectivity index (χ1v) is 10.5. The third kappa shape index (κ3) is 3.70. The van der Waals surface area contributed by atoms with E-state index < -0.39 is 0 Å². The maximum Gasteiger partial charge on any atom is 0.226 e. The molecule has 4 rings (SSSR count). The van der Waals surface area contributed by atoms with E-state index in [0.717, 1.165) is 59.2 Å². The lowest BCUT2D eigenvalue weighted by atomic mass is 10.0. The van der Waals surface area contributed by atoms with Crippen molar-refractivity contribution in [2.24, 2.45) is 0 Å². The van der Waals surface area contributed by atoms with Gasteiger partial charge < -0.3 is 13.9 Å². The van der Waals surface area contributed by atoms with Crippen LogP contribution in [-0.4, -0.2) is 30.6 Å². The Labute approximate surface area is 178 Å². The van der Waals surface area contributed by atoms with Gasteiger partial charge in [0.15, 0.2) is 0 Å². The van der Waals surface area contributed by atoms with E-state index in [9.17, 15) is 0 Å². The Bertz CT molecular complexity index is 1040. The predicted molar refractivity (Wildman–Crippen MR) is 118 cm³/mol. The second-order valence-corrected chi connectivity index (χ2v) is 7.96. The number of likely N-dealkylation sites (tertiary alicyclic amines) is 1. The van der Waals surface area contributed by atoms with E-state index in [1.165, 1.54) is 12.0 Å². The van der Waals surface area contributed by atoms with Gasteiger partial charge in [-0.25, -0.2) is 4.98 Å². The van der Waals surface area contributed by atoms with Gasteiger partial charge in [0, 0.05) is 23.7 Å². The molecule has 2 aromatic carbocycles. The van der Waals surface area contributed by atoms with Crippen LogP contribution in [0.1, 0.15) is 47.0 Å². The molecule has 0 radical (unpaired) electrons. The van der Waals surface area contributed by atoms with Crippen LogP contribution < -0.4 is 9.47 Å². The minimum atomic E-state index is 0.339. The largest absolute Gasteiger partial charge is 0.496 e. The van der Waals surface area contributed by atoms with Gasteiger partial charge in [-0.15, -0.1) is 0 Å². The highest BCUT2D eigenvalue weighted by atomic mass is 16.5. The molecular weight excluding hydrogens is 376 g/mol. The second kappa shape index (κ2) is 8.52. The van der Waals surface area contributed by atoms with Crippen molar-refractivity contribution in [3.8, 4) is 23.0 Å². The molecule has 0 spiro atoms. The van der Waals surface area contributed by atoms with Crippen molar-refractivity contribution in [1.29, 1.82) is 0 Å². The number of rotatable bonds is 6. The summed E-state index contributed by atoms with van der Waals surface area (Å²) >= 11 is 0. The minimum absolute atomic E-state index is 0.339. The summed E-state index contributed by atoms with van der Waals surface area (Å²) in [6.07, 6.45) is 2.30. The molecule has 1 saturated heterocycles. The van der Waals surface area contributed by atoms with Crippen LogP contribution in [0.15, 0.2) is 40.8 Å². The summed E-state index contributed by atoms with van der Waals surface area (Å²) in [4.78, 5) is 7.38. The van der Waals surface area contributed by atoms with E-state index in [1.54, 1.807) is 14.2 Å². The zero-order valence-corrected chi connectivity index (χ0v) is 18.5. The lowest BCUT2D eigenvalue weighted by molar-refractivity contribution is 0.239. The first-order valence-electron chi connectivity index (χ1n) is 10.5. The number of benzene rings is 2. The quantitative estimate of drug-likeness (QED) is 0.532. The molecule has 1 fully saturated rings. The molecule has 1 aromatic heterocycles. The van der Waals surface area contributed by atoms with Crippen LogP contribution in [0.25, 0.3) is 11.5 Å². The number of ether oxygens (including phenoxy) is 2. The minimum Gasteiger partial charge on any atom is -0.496 e. The Morgan fingerprint density at radius 2 is 1.77 bits per heavy atom. The maximum absolute atomic E-state index is 6.10. The molecule has 158 valence electrons. The van der Waals surface area contributed by atoms with Crippen LogP contribution in [0.2, 0.25) is 0 Å². The number of hydrogen-bond donors (Lipinski definition) is 0. The maximum atomic E-state index is 6.10. The van der Waals surface area contributed by atoms with E-state index in [4.69, 9.17) is 18.9 Å². The average Bonchev–Trinajstić information content (AvgIpc) is 3.36. The molecule has 2 heterocycles. The van der Waals surface area contributed by atoms with E-state index in [-0.39, 0.29) is 0 Å². The highest BCUT2D eigenvalue weighted by Crippen LogP contribution is 2.38. The van der Waals surface area contributed by atoms with Crippen molar-refractivity contribution in [2.75, 3.05) is 20.8 Å². The van der Waals surface area contributed by atoms with Crippen LogP contribution in [0.4, 0.5) is 0 Å². The summed E-state index contributed by atoms with van der Waals surface area (Å²) in [6, 6.07) is 12.7. The first-order chi connectivity index (χ1) is 14.5. The van der Waals surface area contributed by atoms with Crippen LogP contribution in [-0.2, 0) is 6.54 Å². The zero-order valence-electron chi connectivity index (χ0n) is 18.5. The average molecular weight is 407 g/mol. The molecule has 1 atom stereocenters. The lowest BCUT2D eigenvalue weighted by Gasteiger charge is -2.25. The SMILES string of the molecule is COc1ccccc1[C@@H]1CCCN1Cc1nc(-c2ccc(OC)c(C)c2C)oc1C. The number of oxazole rings is 1. The van der Waals surface area contributed by atoms with Crippen molar-refractivity contribution in [3.63, 3.8) is 0 Å².